The number of aliphatic hydroxyl groups excluding tert-OH is 1. The Kier molecular flexibility index (Phi) is 4.62. The van der Waals surface area contributed by atoms with Crippen LogP contribution in [0.1, 0.15) is 34.0 Å². The minimum atomic E-state index is -1.35. The summed E-state index contributed by atoms with van der Waals surface area (Å²) < 4.78 is 0. The first-order chi connectivity index (χ1) is 7.50. The maximum atomic E-state index is 10.9. The summed E-state index contributed by atoms with van der Waals surface area (Å²) in [6, 6.07) is 0. The smallest absolute Gasteiger partial charge is 0.545 e. The van der Waals surface area contributed by atoms with E-state index in [0.29, 0.717) is 10.3 Å². The molecule has 0 saturated heterocycles. The fourth-order valence-corrected chi connectivity index (χ4v) is 2.36. The second kappa shape index (κ2) is 5.41. The quantitative estimate of drug-likeness (QED) is 0.599. The Morgan fingerprint density at radius 1 is 1.59 bits per heavy atom. The Balaban J connectivity index is 0.00000144. The predicted octanol–water partition coefficient (Wildman–Crippen LogP) is -2.58. The van der Waals surface area contributed by atoms with Gasteiger partial charge in [0.2, 0.25) is 0 Å². The number of pyridine rings is 1. The average molecular weight is 260 g/mol. The summed E-state index contributed by atoms with van der Waals surface area (Å²) in [5.41, 5.74) is 0.612. The monoisotopic (exact) mass is 260 g/mol. The molecule has 2 aromatic heterocycles. The molecular weight excluding hydrogens is 251 g/mol. The number of hydrogen-bond donors (Lipinski definition) is 1. The Bertz CT molecular complexity index is 568. The van der Waals surface area contributed by atoms with Crippen LogP contribution in [0.3, 0.4) is 0 Å². The molecule has 0 radical (unpaired) electrons. The third-order valence-corrected chi connectivity index (χ3v) is 3.09. The van der Waals surface area contributed by atoms with E-state index in [-0.39, 0.29) is 40.7 Å². The van der Waals surface area contributed by atoms with Crippen molar-refractivity contribution in [3.63, 3.8) is 0 Å². The summed E-state index contributed by atoms with van der Waals surface area (Å²) in [4.78, 5) is 19.7. The number of aromatic carboxylic acids is 1. The zero-order chi connectivity index (χ0) is 11.9. The van der Waals surface area contributed by atoms with Gasteiger partial charge in [0, 0.05) is 17.3 Å². The van der Waals surface area contributed by atoms with Crippen LogP contribution in [0, 0.1) is 6.92 Å². The van der Waals surface area contributed by atoms with Crippen molar-refractivity contribution < 1.29 is 44.6 Å². The number of aliphatic hydroxyl groups is 1. The molecule has 0 fully saturated rings. The molecule has 2 heterocycles. The van der Waals surface area contributed by atoms with Gasteiger partial charge in [0.1, 0.15) is 10.3 Å². The summed E-state index contributed by atoms with van der Waals surface area (Å²) in [6.45, 7) is 3.30. The number of carbonyl (C=O) groups is 1. The summed E-state index contributed by atoms with van der Waals surface area (Å²) in [5, 5.41) is 21.3. The molecule has 2 aromatic rings. The Labute approximate surface area is 124 Å². The minimum Gasteiger partial charge on any atom is -0.545 e. The van der Waals surface area contributed by atoms with Gasteiger partial charge in [0.25, 0.3) is 0 Å². The fraction of sp³-hybridized carbons (Fsp3) is 0.300. The molecule has 0 aromatic carbocycles. The van der Waals surface area contributed by atoms with Crippen molar-refractivity contribution in [2.75, 3.05) is 0 Å². The minimum absolute atomic E-state index is 0. The Hall–Kier alpha value is -0.530. The number of carboxylic acid groups (broad SMARTS) is 1. The number of hydrogen-bond acceptors (Lipinski definition) is 6. The molecule has 1 unspecified atom stereocenters. The maximum Gasteiger partial charge on any atom is 1.00 e. The first-order valence-corrected chi connectivity index (χ1v) is 5.47. The van der Waals surface area contributed by atoms with E-state index >= 15 is 0 Å². The topological polar surface area (TPSA) is 86.1 Å². The second-order valence-corrected chi connectivity index (χ2v) is 4.62. The Morgan fingerprint density at radius 2 is 2.24 bits per heavy atom. The number of carboxylic acids is 1. The van der Waals surface area contributed by atoms with Gasteiger partial charge in [-0.25, -0.2) is 9.97 Å². The number of fused-ring (bicyclic) bond motifs is 1. The van der Waals surface area contributed by atoms with Crippen molar-refractivity contribution >= 4 is 27.7 Å². The fourth-order valence-electron chi connectivity index (χ4n) is 1.59. The van der Waals surface area contributed by atoms with E-state index in [1.54, 1.807) is 6.92 Å². The molecular formula is C10H9N2NaO3S. The molecule has 0 saturated carbocycles. The van der Waals surface area contributed by atoms with Gasteiger partial charge >= 0.3 is 29.6 Å². The third-order valence-electron chi connectivity index (χ3n) is 2.21. The molecule has 0 spiro atoms. The normalized spacial score (nSPS) is 12.2. The number of rotatable bonds is 2. The van der Waals surface area contributed by atoms with Crippen LogP contribution in [-0.4, -0.2) is 21.0 Å². The molecule has 0 aliphatic heterocycles. The molecule has 7 heteroatoms. The summed E-state index contributed by atoms with van der Waals surface area (Å²) in [5.74, 6) is -1.35. The molecule has 2 rings (SSSR count). The molecule has 84 valence electrons. The third kappa shape index (κ3) is 2.66. The standard InChI is InChI=1S/C10H10N2O3S.Na/c1-4(13)7-6(10(14)15)3-11-9-8(7)12-5(2)16-9;/h3-4,13H,1-2H3,(H,14,15);/q;+1/p-1. The van der Waals surface area contributed by atoms with Crippen molar-refractivity contribution in [1.82, 2.24) is 9.97 Å². The largest absolute Gasteiger partial charge is 1.00 e. The van der Waals surface area contributed by atoms with Gasteiger partial charge < -0.3 is 15.0 Å². The number of aromatic nitrogens is 2. The van der Waals surface area contributed by atoms with Crippen molar-refractivity contribution in [2.24, 2.45) is 0 Å². The van der Waals surface area contributed by atoms with Gasteiger partial charge in [-0.05, 0) is 13.8 Å². The van der Waals surface area contributed by atoms with Crippen molar-refractivity contribution in [2.45, 2.75) is 20.0 Å². The van der Waals surface area contributed by atoms with E-state index < -0.39 is 12.1 Å². The van der Waals surface area contributed by atoms with Crippen LogP contribution < -0.4 is 34.7 Å². The van der Waals surface area contributed by atoms with E-state index in [1.165, 1.54) is 24.5 Å². The van der Waals surface area contributed by atoms with E-state index in [9.17, 15) is 15.0 Å². The second-order valence-electron chi connectivity index (χ2n) is 3.44. The van der Waals surface area contributed by atoms with Crippen molar-refractivity contribution in [1.29, 1.82) is 0 Å². The van der Waals surface area contributed by atoms with Gasteiger partial charge in [-0.3, -0.25) is 0 Å². The van der Waals surface area contributed by atoms with E-state index in [4.69, 9.17) is 0 Å². The zero-order valence-electron chi connectivity index (χ0n) is 9.72. The van der Waals surface area contributed by atoms with Crippen molar-refractivity contribution in [3.05, 3.63) is 22.3 Å². The molecule has 0 bridgehead atoms. The van der Waals surface area contributed by atoms with E-state index in [1.807, 2.05) is 0 Å². The number of thiazole rings is 1. The van der Waals surface area contributed by atoms with Crippen LogP contribution >= 0.6 is 11.3 Å². The van der Waals surface area contributed by atoms with Crippen LogP contribution in [-0.2, 0) is 0 Å². The molecule has 5 nitrogen and oxygen atoms in total. The molecule has 1 N–H and O–H groups in total. The van der Waals surface area contributed by atoms with Gasteiger partial charge in [-0.1, -0.05) is 11.3 Å². The van der Waals surface area contributed by atoms with Crippen LogP contribution in [0.25, 0.3) is 10.3 Å². The average Bonchev–Trinajstić information content (AvgIpc) is 2.55. The van der Waals surface area contributed by atoms with Crippen molar-refractivity contribution in [3.8, 4) is 0 Å². The van der Waals surface area contributed by atoms with Gasteiger partial charge in [0.15, 0.2) is 0 Å². The van der Waals surface area contributed by atoms with E-state index in [2.05, 4.69) is 9.97 Å². The predicted molar refractivity (Wildman–Crippen MR) is 57.1 cm³/mol. The first-order valence-electron chi connectivity index (χ1n) is 4.66. The first kappa shape index (κ1) is 14.5. The SMILES string of the molecule is Cc1nc2c(C(C)O)c(C(=O)[O-])cnc2s1.[Na+]. The Morgan fingerprint density at radius 3 is 2.76 bits per heavy atom. The van der Waals surface area contributed by atoms with Gasteiger partial charge in [0.05, 0.1) is 17.1 Å². The van der Waals surface area contributed by atoms with Crippen LogP contribution in [0.2, 0.25) is 0 Å². The van der Waals surface area contributed by atoms with Gasteiger partial charge in [-0.2, -0.15) is 0 Å². The molecule has 17 heavy (non-hydrogen) atoms. The molecule has 0 aliphatic carbocycles. The van der Waals surface area contributed by atoms with Crippen LogP contribution in [0.5, 0.6) is 0 Å². The maximum absolute atomic E-state index is 10.9. The summed E-state index contributed by atoms with van der Waals surface area (Å²) >= 11 is 1.36. The summed E-state index contributed by atoms with van der Waals surface area (Å²) in [7, 11) is 0. The van der Waals surface area contributed by atoms with Gasteiger partial charge in [-0.15, -0.1) is 0 Å². The van der Waals surface area contributed by atoms with Crippen LogP contribution in [0.15, 0.2) is 6.20 Å². The van der Waals surface area contributed by atoms with E-state index in [0.717, 1.165) is 5.01 Å². The molecule has 0 amide bonds. The number of carbonyl (C=O) groups excluding carboxylic acids is 1. The number of nitrogens with zero attached hydrogens (tertiary/aromatic N) is 2. The zero-order valence-corrected chi connectivity index (χ0v) is 12.5. The molecule has 0 aliphatic rings. The molecule has 1 atom stereocenters. The summed E-state index contributed by atoms with van der Waals surface area (Å²) in [6.07, 6.45) is 0.289. The van der Waals surface area contributed by atoms with Crippen LogP contribution in [0.4, 0.5) is 0 Å². The number of aryl methyl sites for hydroxylation is 1.